The lowest BCUT2D eigenvalue weighted by atomic mass is 10.3. The van der Waals surface area contributed by atoms with Crippen molar-refractivity contribution in [3.05, 3.63) is 24.3 Å². The van der Waals surface area contributed by atoms with Gasteiger partial charge in [-0.15, -0.1) is 0 Å². The molecule has 0 heterocycles. The molecule has 0 saturated carbocycles. The Morgan fingerprint density at radius 3 is 2.00 bits per heavy atom. The molecule has 1 atom stereocenters. The smallest absolute Gasteiger partial charge is 0.491 e. The van der Waals surface area contributed by atoms with E-state index in [1.807, 2.05) is 6.92 Å². The fourth-order valence-electron chi connectivity index (χ4n) is 0.909. The van der Waals surface area contributed by atoms with Crippen molar-refractivity contribution in [2.45, 2.75) is 6.92 Å². The molecule has 0 aromatic heterocycles. The first-order valence-corrected chi connectivity index (χ1v) is 6.78. The molecule has 1 aromatic rings. The summed E-state index contributed by atoms with van der Waals surface area (Å²) in [6, 6.07) is 6.02. The van der Waals surface area contributed by atoms with Gasteiger partial charge in [0, 0.05) is 0 Å². The Hall–Kier alpha value is -0.610. The van der Waals surface area contributed by atoms with Crippen molar-refractivity contribution in [2.75, 3.05) is 6.61 Å². The van der Waals surface area contributed by atoms with Crippen molar-refractivity contribution in [1.82, 2.24) is 0 Å². The maximum absolute atomic E-state index is 8.89. The highest BCUT2D eigenvalue weighted by Gasteiger charge is 2.33. The fourth-order valence-corrected chi connectivity index (χ4v) is 1.46. The van der Waals surface area contributed by atoms with Gasteiger partial charge < -0.3 is 4.74 Å². The van der Waals surface area contributed by atoms with E-state index in [1.54, 1.807) is 12.1 Å². The van der Waals surface area contributed by atoms with E-state index in [0.717, 1.165) is 0 Å². The molecular formula is C8H14O6P2+2. The average molecular weight is 268 g/mol. The van der Waals surface area contributed by atoms with Gasteiger partial charge in [0.2, 0.25) is 0 Å². The van der Waals surface area contributed by atoms with E-state index < -0.39 is 16.6 Å². The fraction of sp³-hybridized carbons (Fsp3) is 0.250. The Labute approximate surface area is 95.0 Å². The molecule has 0 spiro atoms. The molecule has 0 aliphatic heterocycles. The van der Waals surface area contributed by atoms with E-state index in [-0.39, 0.29) is 5.30 Å². The Morgan fingerprint density at radius 1 is 1.25 bits per heavy atom. The van der Waals surface area contributed by atoms with Crippen LogP contribution in [0.15, 0.2) is 24.3 Å². The first-order valence-electron chi connectivity index (χ1n) is 4.27. The lowest BCUT2D eigenvalue weighted by molar-refractivity contribution is 0.339. The third-order valence-corrected chi connectivity index (χ3v) is 2.49. The van der Waals surface area contributed by atoms with Crippen LogP contribution in [0.1, 0.15) is 6.92 Å². The maximum Gasteiger partial charge on any atom is 0.491 e. The average Bonchev–Trinajstić information content (AvgIpc) is 2.19. The summed E-state index contributed by atoms with van der Waals surface area (Å²) in [6.07, 6.45) is 0. The second kappa shape index (κ2) is 7.63. The summed E-state index contributed by atoms with van der Waals surface area (Å²) in [5.74, 6) is 0.639. The van der Waals surface area contributed by atoms with Crippen LogP contribution in [0.5, 0.6) is 5.75 Å². The van der Waals surface area contributed by atoms with Crippen molar-refractivity contribution in [1.29, 1.82) is 0 Å². The van der Waals surface area contributed by atoms with Gasteiger partial charge in [-0.1, -0.05) is 0 Å². The topological polar surface area (TPSA) is 107 Å². The highest BCUT2D eigenvalue weighted by atomic mass is 31.2. The zero-order valence-electron chi connectivity index (χ0n) is 8.57. The summed E-state index contributed by atoms with van der Waals surface area (Å²) in [4.78, 5) is 33.7. The third-order valence-electron chi connectivity index (χ3n) is 1.49. The molecule has 6 nitrogen and oxygen atoms in total. The number of ether oxygens (including phenoxy) is 1. The minimum absolute atomic E-state index is 0.121. The highest BCUT2D eigenvalue weighted by Crippen LogP contribution is 2.42. The quantitative estimate of drug-likeness (QED) is 0.590. The van der Waals surface area contributed by atoms with Gasteiger partial charge in [-0.05, 0) is 35.8 Å². The molecule has 4 N–H and O–H groups in total. The molecule has 1 aromatic carbocycles. The highest BCUT2D eigenvalue weighted by molar-refractivity contribution is 7.66. The minimum atomic E-state index is -3.86. The van der Waals surface area contributed by atoms with Crippen molar-refractivity contribution >= 4 is 21.9 Å². The Morgan fingerprint density at radius 2 is 1.69 bits per heavy atom. The van der Waals surface area contributed by atoms with Gasteiger partial charge in [0.05, 0.1) is 6.61 Å². The Bertz CT molecular complexity index is 307. The molecule has 16 heavy (non-hydrogen) atoms. The third kappa shape index (κ3) is 6.08. The van der Waals surface area contributed by atoms with Crippen LogP contribution in [-0.2, 0) is 4.57 Å². The molecule has 1 unspecified atom stereocenters. The van der Waals surface area contributed by atoms with Crippen molar-refractivity contribution in [3.8, 4) is 5.75 Å². The lowest BCUT2D eigenvalue weighted by Gasteiger charge is -2.05. The van der Waals surface area contributed by atoms with Crippen LogP contribution in [0.25, 0.3) is 0 Å². The summed E-state index contributed by atoms with van der Waals surface area (Å²) in [7, 11) is -5.03. The summed E-state index contributed by atoms with van der Waals surface area (Å²) in [5.41, 5.74) is 0. The predicted octanol–water partition coefficient (Wildman–Crippen LogP) is 0.368. The molecule has 1 rings (SSSR count). The van der Waals surface area contributed by atoms with Crippen LogP contribution in [0.2, 0.25) is 0 Å². The van der Waals surface area contributed by atoms with Crippen molar-refractivity contribution in [3.63, 3.8) is 0 Å². The summed E-state index contributed by atoms with van der Waals surface area (Å²) >= 11 is 0. The molecule has 0 radical (unpaired) electrons. The number of rotatable bonds is 3. The normalized spacial score (nSPS) is 10.6. The molecular weight excluding hydrogens is 254 g/mol. The number of benzene rings is 1. The molecule has 0 fully saturated rings. The van der Waals surface area contributed by atoms with Gasteiger partial charge in [0.1, 0.15) is 5.75 Å². The SMILES string of the molecule is CCOc1ccc([P+](O)(O)O)cc1.O=[PH+]O. The van der Waals surface area contributed by atoms with E-state index in [0.29, 0.717) is 12.4 Å². The summed E-state index contributed by atoms with van der Waals surface area (Å²) in [5, 5.41) is 0.121. The largest absolute Gasteiger partial charge is 0.494 e. The zero-order chi connectivity index (χ0) is 12.6. The summed E-state index contributed by atoms with van der Waals surface area (Å²) in [6.45, 7) is 2.41. The molecule has 0 saturated heterocycles. The van der Waals surface area contributed by atoms with Gasteiger partial charge in [-0.3, -0.25) is 0 Å². The monoisotopic (exact) mass is 268 g/mol. The predicted molar refractivity (Wildman–Crippen MR) is 62.0 cm³/mol. The van der Waals surface area contributed by atoms with Gasteiger partial charge in [0.25, 0.3) is 0 Å². The molecule has 0 amide bonds. The standard InChI is InChI=1S/C8H12O4P.HO2P/c1-2-12-7-3-5-8(6-4-7)13(9,10)11;1-3-2/h3-6,9-11H,2H2,1H3;3H/q+1;/p+1. The second-order valence-corrected chi connectivity index (χ2v) is 4.42. The first kappa shape index (κ1) is 15.4. The molecule has 0 aliphatic carbocycles. The molecule has 90 valence electrons. The van der Waals surface area contributed by atoms with Crippen LogP contribution in [-0.4, -0.2) is 26.2 Å². The first-order chi connectivity index (χ1) is 7.45. The van der Waals surface area contributed by atoms with Crippen LogP contribution in [0, 0.1) is 0 Å². The second-order valence-electron chi connectivity index (χ2n) is 2.59. The number of hydrogen-bond donors (Lipinski definition) is 4. The van der Waals surface area contributed by atoms with Gasteiger partial charge >= 0.3 is 16.6 Å². The zero-order valence-corrected chi connectivity index (χ0v) is 10.5. The number of hydrogen-bond acceptors (Lipinski definition) is 5. The van der Waals surface area contributed by atoms with Crippen LogP contribution in [0.4, 0.5) is 0 Å². The Balaban J connectivity index is 0.000000673. The van der Waals surface area contributed by atoms with E-state index in [4.69, 9.17) is 28.9 Å². The van der Waals surface area contributed by atoms with Gasteiger partial charge in [0.15, 0.2) is 5.30 Å². The Kier molecular flexibility index (Phi) is 7.34. The van der Waals surface area contributed by atoms with Gasteiger partial charge in [-0.2, -0.15) is 19.6 Å². The van der Waals surface area contributed by atoms with Crippen molar-refractivity contribution in [2.24, 2.45) is 0 Å². The van der Waals surface area contributed by atoms with Crippen LogP contribution >= 0.6 is 16.6 Å². The molecule has 0 bridgehead atoms. The molecule has 0 aliphatic rings. The lowest BCUT2D eigenvalue weighted by Crippen LogP contribution is -2.08. The maximum atomic E-state index is 8.89. The van der Waals surface area contributed by atoms with Crippen LogP contribution < -0.4 is 10.0 Å². The molecule has 8 heteroatoms. The van der Waals surface area contributed by atoms with Crippen LogP contribution in [0.3, 0.4) is 0 Å². The summed E-state index contributed by atoms with van der Waals surface area (Å²) < 4.78 is 13.7. The van der Waals surface area contributed by atoms with E-state index in [1.165, 1.54) is 12.1 Å². The van der Waals surface area contributed by atoms with Gasteiger partial charge in [-0.25, -0.2) is 0 Å². The van der Waals surface area contributed by atoms with E-state index in [2.05, 4.69) is 0 Å². The van der Waals surface area contributed by atoms with E-state index in [9.17, 15) is 0 Å². The minimum Gasteiger partial charge on any atom is -0.494 e. The van der Waals surface area contributed by atoms with E-state index >= 15 is 0 Å². The van der Waals surface area contributed by atoms with Crippen molar-refractivity contribution < 1.29 is 28.9 Å².